The van der Waals surface area contributed by atoms with Crippen molar-refractivity contribution in [3.05, 3.63) is 193 Å². The van der Waals surface area contributed by atoms with E-state index in [0.717, 1.165) is 40.1 Å². The molecule has 0 aliphatic rings. The number of nitrogens with zero attached hydrogens (tertiary/aromatic N) is 3. The number of rotatable bonds is 10. The maximum atomic E-state index is 5.30. The smallest absolute Gasteiger partial charge is 0.0798 e. The molecule has 3 aromatic heterocycles. The first-order chi connectivity index (χ1) is 31.9. The Morgan fingerprint density at radius 3 is 1.88 bits per heavy atom. The molecule has 0 bridgehead atoms. The minimum absolute atomic E-state index is 0. The van der Waals surface area contributed by atoms with Gasteiger partial charge in [0.15, 0.2) is 0 Å². The topological polar surface area (TPSA) is 30.7 Å². The normalized spacial score (nSPS) is 11.7. The van der Waals surface area contributed by atoms with Crippen molar-refractivity contribution >= 4 is 55.8 Å². The number of hydrogen-bond acceptors (Lipinski definition) is 3. The van der Waals surface area contributed by atoms with Gasteiger partial charge in [0.25, 0.3) is 0 Å². The number of para-hydroxylation sites is 2. The van der Waals surface area contributed by atoms with Crippen molar-refractivity contribution in [2.24, 2.45) is 5.92 Å². The number of benzene rings is 7. The van der Waals surface area contributed by atoms with Crippen LogP contribution in [0.2, 0.25) is 19.6 Å². The van der Waals surface area contributed by atoms with E-state index < -0.39 is 8.07 Å². The van der Waals surface area contributed by atoms with E-state index in [4.69, 9.17) is 9.97 Å². The van der Waals surface area contributed by atoms with Crippen molar-refractivity contribution in [3.63, 3.8) is 0 Å². The van der Waals surface area contributed by atoms with Crippen molar-refractivity contribution in [2.75, 3.05) is 0 Å². The van der Waals surface area contributed by atoms with Crippen molar-refractivity contribution < 1.29 is 20.1 Å². The fourth-order valence-corrected chi connectivity index (χ4v) is 12.0. The summed E-state index contributed by atoms with van der Waals surface area (Å²) < 4.78 is 4.95. The molecule has 0 aliphatic carbocycles. The van der Waals surface area contributed by atoms with Crippen LogP contribution in [0.3, 0.4) is 0 Å². The molecule has 10 rings (SSSR count). The molecule has 0 aliphatic heterocycles. The minimum atomic E-state index is -1.40. The van der Waals surface area contributed by atoms with Gasteiger partial charge in [-0.15, -0.1) is 53.6 Å². The standard InChI is InChI=1S/C37H31N2S.C24H28NSi.Ir/c1-23(2)30-21-26(25-13-6-5-7-14-25)22-31(24(3)4)35(30)39-33-19-10-9-18-32(33)38-37(39)29-17-12-16-28-27-15-8-11-20-34(27)40-36(28)29;1-18(2)14-22-16-23(25-17-24(22)26(3,4)5)21-13-9-12-20(15-21)19-10-7-6-8-11-19;/h5-16,18-24H,1-4H3;6-12,15-18H,14H2,1-5H3;/q2*-1;. The van der Waals surface area contributed by atoms with Crippen LogP contribution in [0.25, 0.3) is 81.8 Å². The molecule has 0 fully saturated rings. The summed E-state index contributed by atoms with van der Waals surface area (Å²) >= 11 is 1.83. The summed E-state index contributed by atoms with van der Waals surface area (Å²) in [6.07, 6.45) is 3.23. The first-order valence-corrected chi connectivity index (χ1v) is 27.8. The summed E-state index contributed by atoms with van der Waals surface area (Å²) in [5.74, 6) is 2.25. The summed E-state index contributed by atoms with van der Waals surface area (Å²) in [5.41, 5.74) is 15.6. The van der Waals surface area contributed by atoms with Crippen LogP contribution in [0.4, 0.5) is 0 Å². The first-order valence-electron chi connectivity index (χ1n) is 23.5. The molecule has 0 saturated carbocycles. The molecular formula is C61H59IrN3SSi-2. The van der Waals surface area contributed by atoms with Gasteiger partial charge in [-0.05, 0) is 103 Å². The average Bonchev–Trinajstić information content (AvgIpc) is 3.90. The molecule has 0 N–H and O–H groups in total. The van der Waals surface area contributed by atoms with Gasteiger partial charge in [0, 0.05) is 36.7 Å². The predicted molar refractivity (Wildman–Crippen MR) is 287 cm³/mol. The molecule has 0 amide bonds. The Morgan fingerprint density at radius 2 is 1.22 bits per heavy atom. The Hall–Kier alpha value is -5.75. The van der Waals surface area contributed by atoms with Gasteiger partial charge in [-0.1, -0.05) is 175 Å². The van der Waals surface area contributed by atoms with Gasteiger partial charge in [0.1, 0.15) is 0 Å². The average molecular weight is 1090 g/mol. The molecule has 0 unspecified atom stereocenters. The maximum Gasteiger partial charge on any atom is 0.0798 e. The zero-order valence-electron chi connectivity index (χ0n) is 40.1. The number of pyridine rings is 1. The number of hydrogen-bond donors (Lipinski definition) is 0. The van der Waals surface area contributed by atoms with Crippen LogP contribution in [0.15, 0.2) is 164 Å². The third-order valence-electron chi connectivity index (χ3n) is 12.5. The third-order valence-corrected chi connectivity index (χ3v) is 15.7. The van der Waals surface area contributed by atoms with E-state index in [9.17, 15) is 0 Å². The van der Waals surface area contributed by atoms with Crippen molar-refractivity contribution in [1.29, 1.82) is 0 Å². The van der Waals surface area contributed by atoms with Crippen LogP contribution in [-0.2, 0) is 26.5 Å². The molecular weight excluding hydrogens is 1030 g/mol. The van der Waals surface area contributed by atoms with Gasteiger partial charge in [-0.25, -0.2) is 0 Å². The van der Waals surface area contributed by atoms with Crippen molar-refractivity contribution in [1.82, 2.24) is 14.5 Å². The van der Waals surface area contributed by atoms with Crippen molar-refractivity contribution in [3.8, 4) is 50.6 Å². The van der Waals surface area contributed by atoms with Crippen LogP contribution >= 0.6 is 11.3 Å². The van der Waals surface area contributed by atoms with Gasteiger partial charge >= 0.3 is 0 Å². The van der Waals surface area contributed by atoms with E-state index in [-0.39, 0.29) is 20.1 Å². The Bertz CT molecular complexity index is 3280. The minimum Gasteiger partial charge on any atom is -0.333 e. The van der Waals surface area contributed by atoms with E-state index in [1.165, 1.54) is 70.0 Å². The summed E-state index contributed by atoms with van der Waals surface area (Å²) in [7, 11) is -1.40. The quantitative estimate of drug-likeness (QED) is 0.101. The molecule has 3 nitrogen and oxygen atoms in total. The van der Waals surface area contributed by atoms with Crippen molar-refractivity contribution in [2.45, 2.75) is 79.4 Å². The van der Waals surface area contributed by atoms with Gasteiger partial charge in [-0.3, -0.25) is 4.98 Å². The van der Waals surface area contributed by atoms with Gasteiger partial charge in [-0.2, -0.15) is 11.3 Å². The predicted octanol–water partition coefficient (Wildman–Crippen LogP) is 16.7. The molecule has 0 spiro atoms. The molecule has 10 aromatic rings. The van der Waals surface area contributed by atoms with Crippen LogP contribution < -0.4 is 5.19 Å². The van der Waals surface area contributed by atoms with Gasteiger partial charge in [0.2, 0.25) is 0 Å². The third kappa shape index (κ3) is 9.96. The zero-order valence-corrected chi connectivity index (χ0v) is 44.3. The zero-order chi connectivity index (χ0) is 46.1. The van der Waals surface area contributed by atoms with E-state index in [1.807, 2.05) is 23.5 Å². The van der Waals surface area contributed by atoms with E-state index >= 15 is 0 Å². The van der Waals surface area contributed by atoms with Crippen LogP contribution in [-0.4, -0.2) is 22.6 Å². The molecule has 0 saturated heterocycles. The Kier molecular flexibility index (Phi) is 14.4. The summed E-state index contributed by atoms with van der Waals surface area (Å²) in [6.45, 7) is 21.0. The molecule has 6 heteroatoms. The first kappa shape index (κ1) is 47.7. The number of aromatic nitrogens is 3. The van der Waals surface area contributed by atoms with E-state index in [1.54, 1.807) is 0 Å². The molecule has 7 aromatic carbocycles. The Labute approximate surface area is 416 Å². The second-order valence-electron chi connectivity index (χ2n) is 19.6. The summed E-state index contributed by atoms with van der Waals surface area (Å²) in [5, 5.41) is 4.04. The number of thiophene rings is 1. The summed E-state index contributed by atoms with van der Waals surface area (Å²) in [6, 6.07) is 63.1. The van der Waals surface area contributed by atoms with Crippen LogP contribution in [0.5, 0.6) is 0 Å². The molecule has 3 heterocycles. The fraction of sp³-hybridized carbons (Fsp3) is 0.213. The van der Waals surface area contributed by atoms with Gasteiger partial charge < -0.3 is 9.55 Å². The summed E-state index contributed by atoms with van der Waals surface area (Å²) in [4.78, 5) is 10.1. The maximum absolute atomic E-state index is 5.30. The Balaban J connectivity index is 0.000000196. The molecule has 1 radical (unpaired) electrons. The van der Waals surface area contributed by atoms with E-state index in [2.05, 4.69) is 230 Å². The van der Waals surface area contributed by atoms with Crippen LogP contribution in [0, 0.1) is 18.1 Å². The van der Waals surface area contributed by atoms with Crippen LogP contribution in [0.1, 0.15) is 70.1 Å². The Morgan fingerprint density at radius 1 is 0.612 bits per heavy atom. The molecule has 67 heavy (non-hydrogen) atoms. The number of imidazole rings is 1. The monoisotopic (exact) mass is 1090 g/mol. The second kappa shape index (κ2) is 20.2. The number of fused-ring (bicyclic) bond motifs is 4. The molecule has 0 atom stereocenters. The van der Waals surface area contributed by atoms with E-state index in [0.29, 0.717) is 17.8 Å². The fourth-order valence-electron chi connectivity index (χ4n) is 9.25. The van der Waals surface area contributed by atoms with Gasteiger partial charge in [0.05, 0.1) is 24.9 Å². The largest absolute Gasteiger partial charge is 0.333 e. The second-order valence-corrected chi connectivity index (χ2v) is 25.7. The molecule has 339 valence electrons. The SMILES string of the molecule is CC(C)Cc1cc(-c2[c-]ccc(-c3ccccc3)c2)ncc1[Si](C)(C)C.CC(C)c1cc(-c2ccccc2)cc(C(C)C)c1-n1c(-c2[c-]ccc3c2sc2ccccc23)nc2ccccc21.[Ir].